The van der Waals surface area contributed by atoms with Gasteiger partial charge in [0, 0.05) is 38.8 Å². The molecule has 3 aromatic rings. The zero-order chi connectivity index (χ0) is 19.6. The van der Waals surface area contributed by atoms with Crippen LogP contribution in [0.2, 0.25) is 10.0 Å². The Morgan fingerprint density at radius 3 is 2.44 bits per heavy atom. The normalized spacial score (nSPS) is 11.0. The Morgan fingerprint density at radius 1 is 1.11 bits per heavy atom. The Hall–Kier alpha value is -1.96. The summed E-state index contributed by atoms with van der Waals surface area (Å²) >= 11 is 13.8. The number of hydrogen-bond acceptors (Lipinski definition) is 6. The van der Waals surface area contributed by atoms with E-state index in [1.165, 1.54) is 0 Å². The Kier molecular flexibility index (Phi) is 6.14. The molecule has 0 unspecified atom stereocenters. The van der Waals surface area contributed by atoms with Crippen molar-refractivity contribution in [2.75, 3.05) is 5.73 Å². The van der Waals surface area contributed by atoms with Crippen molar-refractivity contribution in [3.8, 4) is 5.88 Å². The lowest BCUT2D eigenvalue weighted by Gasteiger charge is -2.10. The van der Waals surface area contributed by atoms with E-state index >= 15 is 0 Å². The minimum Gasteiger partial charge on any atom is -0.472 e. The molecular formula is C18H19Cl2N5OS. The molecule has 3 rings (SSSR count). The van der Waals surface area contributed by atoms with Crippen LogP contribution in [-0.4, -0.2) is 19.7 Å². The summed E-state index contributed by atoms with van der Waals surface area (Å²) in [7, 11) is 0. The fraction of sp³-hybridized carbons (Fsp3) is 0.278. The molecule has 0 aliphatic heterocycles. The number of aromatic nitrogens is 4. The highest BCUT2D eigenvalue weighted by Crippen LogP contribution is 2.35. The van der Waals surface area contributed by atoms with Crippen molar-refractivity contribution in [2.24, 2.45) is 0 Å². The summed E-state index contributed by atoms with van der Waals surface area (Å²) in [6.45, 7) is 6.89. The molecule has 0 fully saturated rings. The van der Waals surface area contributed by atoms with Crippen LogP contribution in [0.5, 0.6) is 5.88 Å². The van der Waals surface area contributed by atoms with E-state index in [4.69, 9.17) is 33.7 Å². The summed E-state index contributed by atoms with van der Waals surface area (Å²) in [5.41, 5.74) is 8.32. The van der Waals surface area contributed by atoms with Crippen molar-refractivity contribution >= 4 is 40.9 Å². The van der Waals surface area contributed by atoms with Crippen molar-refractivity contribution in [1.82, 2.24) is 19.7 Å². The minimum atomic E-state index is 0.189. The molecule has 0 atom stereocenters. The molecule has 0 saturated heterocycles. The number of aryl methyl sites for hydroxylation is 3. The third-order valence-electron chi connectivity index (χ3n) is 3.76. The Labute approximate surface area is 172 Å². The molecule has 9 heteroatoms. The van der Waals surface area contributed by atoms with Crippen LogP contribution in [0.3, 0.4) is 0 Å². The molecule has 2 aromatic heterocycles. The first-order chi connectivity index (χ1) is 12.9. The van der Waals surface area contributed by atoms with Crippen LogP contribution >= 0.6 is 35.0 Å². The SMILES string of the molecule is CCn1nc(C)c(COc2cc(C)nc(N)n2)c1Sc1cc(Cl)cc(Cl)c1. The molecule has 0 aliphatic rings. The molecule has 0 aliphatic carbocycles. The number of halogens is 2. The first-order valence-corrected chi connectivity index (χ1v) is 9.87. The number of nitrogen functional groups attached to an aromatic ring is 1. The number of ether oxygens (including phenoxy) is 1. The molecule has 6 nitrogen and oxygen atoms in total. The standard InChI is InChI=1S/C18H19Cl2N5OS/c1-4-25-17(27-14-7-12(19)6-13(20)8-14)15(11(3)24-25)9-26-16-5-10(2)22-18(21)23-16/h5-8H,4,9H2,1-3H3,(H2,21,22,23). The number of nitrogens with two attached hydrogens (primary N) is 1. The second kappa shape index (κ2) is 8.37. The molecule has 0 radical (unpaired) electrons. The van der Waals surface area contributed by atoms with Crippen LogP contribution in [-0.2, 0) is 13.2 Å². The van der Waals surface area contributed by atoms with Crippen molar-refractivity contribution < 1.29 is 4.74 Å². The molecule has 27 heavy (non-hydrogen) atoms. The van der Waals surface area contributed by atoms with Gasteiger partial charge in [0.15, 0.2) is 0 Å². The second-order valence-electron chi connectivity index (χ2n) is 5.89. The fourth-order valence-electron chi connectivity index (χ4n) is 2.57. The molecule has 0 spiro atoms. The molecule has 0 bridgehead atoms. The van der Waals surface area contributed by atoms with Crippen molar-refractivity contribution in [2.45, 2.75) is 43.8 Å². The average molecular weight is 424 g/mol. The lowest BCUT2D eigenvalue weighted by molar-refractivity contribution is 0.289. The number of hydrogen-bond donors (Lipinski definition) is 1. The van der Waals surface area contributed by atoms with E-state index in [1.807, 2.05) is 37.6 Å². The van der Waals surface area contributed by atoms with Crippen molar-refractivity contribution in [3.05, 3.63) is 51.3 Å². The summed E-state index contributed by atoms with van der Waals surface area (Å²) in [5.74, 6) is 0.625. The van der Waals surface area contributed by atoms with Crippen LogP contribution in [0.25, 0.3) is 0 Å². The summed E-state index contributed by atoms with van der Waals surface area (Å²) in [4.78, 5) is 9.11. The van der Waals surface area contributed by atoms with Crippen LogP contribution in [0.4, 0.5) is 5.95 Å². The van der Waals surface area contributed by atoms with E-state index in [9.17, 15) is 0 Å². The predicted octanol–water partition coefficient (Wildman–Crippen LogP) is 4.93. The van der Waals surface area contributed by atoms with Gasteiger partial charge < -0.3 is 10.5 Å². The quantitative estimate of drug-likeness (QED) is 0.605. The van der Waals surface area contributed by atoms with E-state index in [-0.39, 0.29) is 5.95 Å². The predicted molar refractivity (Wildman–Crippen MR) is 109 cm³/mol. The smallest absolute Gasteiger partial charge is 0.223 e. The third-order valence-corrected chi connectivity index (χ3v) is 5.32. The van der Waals surface area contributed by atoms with Gasteiger partial charge in [-0.05, 0) is 39.0 Å². The molecule has 1 aromatic carbocycles. The average Bonchev–Trinajstić information content (AvgIpc) is 2.86. The molecule has 2 heterocycles. The largest absolute Gasteiger partial charge is 0.472 e. The van der Waals surface area contributed by atoms with E-state index < -0.39 is 0 Å². The van der Waals surface area contributed by atoms with Gasteiger partial charge in [-0.2, -0.15) is 10.1 Å². The van der Waals surface area contributed by atoms with Crippen LogP contribution in [0.15, 0.2) is 34.2 Å². The number of nitrogens with zero attached hydrogens (tertiary/aromatic N) is 4. The molecular weight excluding hydrogens is 405 g/mol. The van der Waals surface area contributed by atoms with E-state index in [2.05, 4.69) is 15.1 Å². The molecule has 0 amide bonds. The fourth-order valence-corrected chi connectivity index (χ4v) is 4.43. The lowest BCUT2D eigenvalue weighted by atomic mass is 10.3. The van der Waals surface area contributed by atoms with E-state index in [1.54, 1.807) is 23.9 Å². The van der Waals surface area contributed by atoms with Crippen LogP contribution in [0, 0.1) is 13.8 Å². The molecule has 0 saturated carbocycles. The first kappa shape index (κ1) is 19.8. The van der Waals surface area contributed by atoms with Crippen LogP contribution in [0.1, 0.15) is 23.9 Å². The van der Waals surface area contributed by atoms with Gasteiger partial charge in [0.05, 0.1) is 5.69 Å². The second-order valence-corrected chi connectivity index (χ2v) is 7.82. The Bertz CT molecular complexity index is 936. The van der Waals surface area contributed by atoms with Crippen LogP contribution < -0.4 is 10.5 Å². The highest BCUT2D eigenvalue weighted by molar-refractivity contribution is 7.99. The maximum Gasteiger partial charge on any atom is 0.223 e. The van der Waals surface area contributed by atoms with Gasteiger partial charge in [0.25, 0.3) is 0 Å². The van der Waals surface area contributed by atoms with Gasteiger partial charge in [0.2, 0.25) is 11.8 Å². The lowest BCUT2D eigenvalue weighted by Crippen LogP contribution is -2.04. The first-order valence-electron chi connectivity index (χ1n) is 8.30. The summed E-state index contributed by atoms with van der Waals surface area (Å²) < 4.78 is 7.81. The summed E-state index contributed by atoms with van der Waals surface area (Å²) in [5, 5.41) is 6.77. The number of rotatable bonds is 6. The Balaban J connectivity index is 1.89. The topological polar surface area (TPSA) is 78.8 Å². The van der Waals surface area contributed by atoms with Gasteiger partial charge in [-0.3, -0.25) is 4.68 Å². The zero-order valence-electron chi connectivity index (χ0n) is 15.2. The molecule has 2 N–H and O–H groups in total. The van der Waals surface area contributed by atoms with Crippen molar-refractivity contribution in [1.29, 1.82) is 0 Å². The summed E-state index contributed by atoms with van der Waals surface area (Å²) in [6.07, 6.45) is 0. The number of benzene rings is 1. The maximum absolute atomic E-state index is 6.13. The third kappa shape index (κ3) is 4.86. The van der Waals surface area contributed by atoms with E-state index in [0.29, 0.717) is 22.5 Å². The number of anilines is 1. The molecule has 142 valence electrons. The monoisotopic (exact) mass is 423 g/mol. The Morgan fingerprint density at radius 2 is 1.81 bits per heavy atom. The van der Waals surface area contributed by atoms with Crippen molar-refractivity contribution in [3.63, 3.8) is 0 Å². The van der Waals surface area contributed by atoms with Gasteiger partial charge in [0.1, 0.15) is 11.6 Å². The van der Waals surface area contributed by atoms with Gasteiger partial charge in [-0.15, -0.1) is 0 Å². The highest BCUT2D eigenvalue weighted by Gasteiger charge is 2.17. The minimum absolute atomic E-state index is 0.189. The summed E-state index contributed by atoms with van der Waals surface area (Å²) in [6, 6.07) is 7.21. The maximum atomic E-state index is 6.13. The van der Waals surface area contributed by atoms with Gasteiger partial charge >= 0.3 is 0 Å². The van der Waals surface area contributed by atoms with Gasteiger partial charge in [-0.25, -0.2) is 4.98 Å². The zero-order valence-corrected chi connectivity index (χ0v) is 17.5. The highest BCUT2D eigenvalue weighted by atomic mass is 35.5. The van der Waals surface area contributed by atoms with E-state index in [0.717, 1.165) is 33.4 Å². The van der Waals surface area contributed by atoms with Gasteiger partial charge in [-0.1, -0.05) is 35.0 Å².